The van der Waals surface area contributed by atoms with Crippen LogP contribution in [0.25, 0.3) is 0 Å². The molecule has 2 N–H and O–H groups in total. The van der Waals surface area contributed by atoms with E-state index in [1.807, 2.05) is 6.07 Å². The molecule has 0 aromatic heterocycles. The Morgan fingerprint density at radius 2 is 2.00 bits per heavy atom. The molecule has 0 saturated heterocycles. The van der Waals surface area contributed by atoms with Crippen LogP contribution in [0.1, 0.15) is 23.7 Å². The van der Waals surface area contributed by atoms with Gasteiger partial charge in [-0.25, -0.2) is 4.79 Å². The van der Waals surface area contributed by atoms with E-state index in [0.29, 0.717) is 5.56 Å². The van der Waals surface area contributed by atoms with Gasteiger partial charge in [0.2, 0.25) is 0 Å². The predicted molar refractivity (Wildman–Crippen MR) is 64.7 cm³/mol. The SMILES string of the molecule is C[C@@H](C#N)C[C@H](NC(=O)c1ccccc1)C(=O)O. The quantitative estimate of drug-likeness (QED) is 0.822. The third-order valence-electron chi connectivity index (χ3n) is 2.45. The Labute approximate surface area is 105 Å². The molecular formula is C13H14N2O3. The van der Waals surface area contributed by atoms with E-state index < -0.39 is 23.8 Å². The van der Waals surface area contributed by atoms with E-state index in [-0.39, 0.29) is 6.42 Å². The fraction of sp³-hybridized carbons (Fsp3) is 0.308. The van der Waals surface area contributed by atoms with Gasteiger partial charge >= 0.3 is 5.97 Å². The van der Waals surface area contributed by atoms with Crippen molar-refractivity contribution in [2.45, 2.75) is 19.4 Å². The number of carbonyl (C=O) groups is 2. The van der Waals surface area contributed by atoms with Crippen molar-refractivity contribution >= 4 is 11.9 Å². The molecule has 94 valence electrons. The number of carboxylic acids is 1. The minimum Gasteiger partial charge on any atom is -0.480 e. The second-order valence-electron chi connectivity index (χ2n) is 4.00. The molecule has 1 amide bonds. The van der Waals surface area contributed by atoms with Crippen LogP contribution in [0.2, 0.25) is 0 Å². The molecule has 0 aliphatic heterocycles. The number of carboxylic acid groups (broad SMARTS) is 1. The third-order valence-corrected chi connectivity index (χ3v) is 2.45. The van der Waals surface area contributed by atoms with Crippen LogP contribution >= 0.6 is 0 Å². The maximum absolute atomic E-state index is 11.8. The Kier molecular flexibility index (Phi) is 4.88. The van der Waals surface area contributed by atoms with Gasteiger partial charge in [0.05, 0.1) is 6.07 Å². The summed E-state index contributed by atoms with van der Waals surface area (Å²) in [4.78, 5) is 22.8. The zero-order valence-electron chi connectivity index (χ0n) is 9.96. The first-order valence-corrected chi connectivity index (χ1v) is 5.53. The van der Waals surface area contributed by atoms with Gasteiger partial charge in [-0.05, 0) is 25.5 Å². The molecule has 5 nitrogen and oxygen atoms in total. The van der Waals surface area contributed by atoms with Crippen LogP contribution < -0.4 is 5.32 Å². The lowest BCUT2D eigenvalue weighted by Crippen LogP contribution is -2.41. The average Bonchev–Trinajstić information content (AvgIpc) is 2.38. The summed E-state index contributed by atoms with van der Waals surface area (Å²) in [5.74, 6) is -2.02. The Hall–Kier alpha value is -2.35. The van der Waals surface area contributed by atoms with Crippen molar-refractivity contribution in [3.63, 3.8) is 0 Å². The van der Waals surface area contributed by atoms with E-state index in [0.717, 1.165) is 0 Å². The van der Waals surface area contributed by atoms with Crippen LogP contribution in [0.5, 0.6) is 0 Å². The molecule has 1 rings (SSSR count). The monoisotopic (exact) mass is 246 g/mol. The predicted octanol–water partition coefficient (Wildman–Crippen LogP) is 1.42. The lowest BCUT2D eigenvalue weighted by Gasteiger charge is -2.15. The molecule has 0 saturated carbocycles. The molecule has 0 heterocycles. The number of rotatable bonds is 5. The number of nitriles is 1. The summed E-state index contributed by atoms with van der Waals surface area (Å²) in [5.41, 5.74) is 0.397. The van der Waals surface area contributed by atoms with Gasteiger partial charge in [-0.1, -0.05) is 18.2 Å². The minimum atomic E-state index is -1.14. The number of hydrogen-bond donors (Lipinski definition) is 2. The van der Waals surface area contributed by atoms with Gasteiger partial charge < -0.3 is 10.4 Å². The summed E-state index contributed by atoms with van der Waals surface area (Å²) in [5, 5.41) is 20.1. The van der Waals surface area contributed by atoms with Gasteiger partial charge in [-0.3, -0.25) is 4.79 Å². The highest BCUT2D eigenvalue weighted by Crippen LogP contribution is 2.07. The first-order valence-electron chi connectivity index (χ1n) is 5.53. The van der Waals surface area contributed by atoms with Crippen molar-refractivity contribution < 1.29 is 14.7 Å². The number of amides is 1. The van der Waals surface area contributed by atoms with Gasteiger partial charge in [0.25, 0.3) is 5.91 Å². The lowest BCUT2D eigenvalue weighted by atomic mass is 10.0. The standard InChI is InChI=1S/C13H14N2O3/c1-9(8-14)7-11(13(17)18)15-12(16)10-5-3-2-4-6-10/h2-6,9,11H,7H2,1H3,(H,15,16)(H,17,18)/t9-,11+/m1/s1. The second kappa shape index (κ2) is 6.40. The second-order valence-corrected chi connectivity index (χ2v) is 4.00. The van der Waals surface area contributed by atoms with Gasteiger partial charge in [0.1, 0.15) is 6.04 Å². The van der Waals surface area contributed by atoms with Gasteiger partial charge in [-0.2, -0.15) is 5.26 Å². The van der Waals surface area contributed by atoms with E-state index in [4.69, 9.17) is 10.4 Å². The number of hydrogen-bond acceptors (Lipinski definition) is 3. The molecule has 1 aromatic rings. The van der Waals surface area contributed by atoms with Crippen LogP contribution in [-0.4, -0.2) is 23.0 Å². The number of carbonyl (C=O) groups excluding carboxylic acids is 1. The smallest absolute Gasteiger partial charge is 0.326 e. The lowest BCUT2D eigenvalue weighted by molar-refractivity contribution is -0.139. The molecule has 0 aliphatic rings. The summed E-state index contributed by atoms with van der Waals surface area (Å²) in [6.07, 6.45) is 0.0877. The third kappa shape index (κ3) is 3.91. The van der Waals surface area contributed by atoms with E-state index in [9.17, 15) is 9.59 Å². The number of nitrogens with zero attached hydrogens (tertiary/aromatic N) is 1. The molecule has 0 bridgehead atoms. The van der Waals surface area contributed by atoms with E-state index in [1.165, 1.54) is 0 Å². The summed E-state index contributed by atoms with van der Waals surface area (Å²) in [6, 6.07) is 9.26. The topological polar surface area (TPSA) is 90.2 Å². The van der Waals surface area contributed by atoms with Crippen molar-refractivity contribution in [3.8, 4) is 6.07 Å². The summed E-state index contributed by atoms with van der Waals surface area (Å²) in [7, 11) is 0. The number of aliphatic carboxylic acids is 1. The normalized spacial score (nSPS) is 13.1. The van der Waals surface area contributed by atoms with Gasteiger partial charge in [0, 0.05) is 11.5 Å². The Bertz CT molecular complexity index is 465. The fourth-order valence-electron chi connectivity index (χ4n) is 1.46. The van der Waals surface area contributed by atoms with Crippen molar-refractivity contribution in [3.05, 3.63) is 35.9 Å². The first kappa shape index (κ1) is 13.7. The highest BCUT2D eigenvalue weighted by Gasteiger charge is 2.22. The molecule has 2 atom stereocenters. The molecule has 0 radical (unpaired) electrons. The molecule has 0 spiro atoms. The molecule has 0 fully saturated rings. The molecular weight excluding hydrogens is 232 g/mol. The van der Waals surface area contributed by atoms with E-state index >= 15 is 0 Å². The molecule has 18 heavy (non-hydrogen) atoms. The van der Waals surface area contributed by atoms with Crippen LogP contribution in [0, 0.1) is 17.2 Å². The Morgan fingerprint density at radius 1 is 1.39 bits per heavy atom. The van der Waals surface area contributed by atoms with Gasteiger partial charge in [0.15, 0.2) is 0 Å². The highest BCUT2D eigenvalue weighted by molar-refractivity contribution is 5.96. The van der Waals surface area contributed by atoms with E-state index in [1.54, 1.807) is 37.3 Å². The Balaban J connectivity index is 2.71. The zero-order chi connectivity index (χ0) is 13.5. The summed E-state index contributed by atoms with van der Waals surface area (Å²) in [6.45, 7) is 1.62. The summed E-state index contributed by atoms with van der Waals surface area (Å²) < 4.78 is 0. The van der Waals surface area contributed by atoms with Crippen LogP contribution in [-0.2, 0) is 4.79 Å². The van der Waals surface area contributed by atoms with Crippen molar-refractivity contribution in [1.29, 1.82) is 5.26 Å². The molecule has 1 aromatic carbocycles. The summed E-state index contributed by atoms with van der Waals surface area (Å²) >= 11 is 0. The fourth-order valence-corrected chi connectivity index (χ4v) is 1.46. The number of nitrogens with one attached hydrogen (secondary N) is 1. The van der Waals surface area contributed by atoms with Gasteiger partial charge in [-0.15, -0.1) is 0 Å². The van der Waals surface area contributed by atoms with Crippen LogP contribution in [0.15, 0.2) is 30.3 Å². The molecule has 5 heteroatoms. The largest absolute Gasteiger partial charge is 0.480 e. The maximum Gasteiger partial charge on any atom is 0.326 e. The van der Waals surface area contributed by atoms with Crippen molar-refractivity contribution in [2.24, 2.45) is 5.92 Å². The average molecular weight is 246 g/mol. The molecule has 0 aliphatic carbocycles. The highest BCUT2D eigenvalue weighted by atomic mass is 16.4. The zero-order valence-corrected chi connectivity index (χ0v) is 9.96. The van der Waals surface area contributed by atoms with Crippen molar-refractivity contribution in [2.75, 3.05) is 0 Å². The Morgan fingerprint density at radius 3 is 2.50 bits per heavy atom. The minimum absolute atomic E-state index is 0.0877. The molecule has 0 unspecified atom stereocenters. The number of benzene rings is 1. The van der Waals surface area contributed by atoms with E-state index in [2.05, 4.69) is 5.32 Å². The maximum atomic E-state index is 11.8. The van der Waals surface area contributed by atoms with Crippen LogP contribution in [0.3, 0.4) is 0 Å². The van der Waals surface area contributed by atoms with Crippen molar-refractivity contribution in [1.82, 2.24) is 5.32 Å². The van der Waals surface area contributed by atoms with Crippen LogP contribution in [0.4, 0.5) is 0 Å². The first-order chi connectivity index (χ1) is 8.54.